The zero-order chi connectivity index (χ0) is 25.5. The molecule has 0 saturated heterocycles. The fourth-order valence-electron chi connectivity index (χ4n) is 4.21. The van der Waals surface area contributed by atoms with E-state index in [9.17, 15) is 14.4 Å². The molecule has 3 aromatic rings. The lowest BCUT2D eigenvalue weighted by Gasteiger charge is -2.09. The molecule has 0 fully saturated rings. The average molecular weight is 523 g/mol. The van der Waals surface area contributed by atoms with Crippen molar-refractivity contribution >= 4 is 51.6 Å². The summed E-state index contributed by atoms with van der Waals surface area (Å²) in [6.07, 6.45) is 5.04. The number of fused-ring (bicyclic) bond motifs is 1. The lowest BCUT2D eigenvalue weighted by Crippen LogP contribution is -2.17. The summed E-state index contributed by atoms with van der Waals surface area (Å²) in [5.41, 5.74) is 3.85. The van der Waals surface area contributed by atoms with Crippen LogP contribution in [0.5, 0.6) is 0 Å². The SMILES string of the molecule is CCOC(=O)c1c(NC(=O)CSc2cccc(NC(=O)c3cccc(C)c3)c2)sc2c1CCCCC2. The number of anilines is 2. The highest BCUT2D eigenvalue weighted by molar-refractivity contribution is 8.00. The molecule has 4 rings (SSSR count). The number of thiophene rings is 1. The quantitative estimate of drug-likeness (QED) is 0.201. The maximum absolute atomic E-state index is 12.8. The number of hydrogen-bond acceptors (Lipinski definition) is 6. The molecule has 1 aliphatic carbocycles. The number of aryl methyl sites for hydroxylation is 2. The van der Waals surface area contributed by atoms with Gasteiger partial charge < -0.3 is 15.4 Å². The van der Waals surface area contributed by atoms with Crippen molar-refractivity contribution in [3.8, 4) is 0 Å². The monoisotopic (exact) mass is 522 g/mol. The van der Waals surface area contributed by atoms with E-state index >= 15 is 0 Å². The fourth-order valence-corrected chi connectivity index (χ4v) is 6.26. The topological polar surface area (TPSA) is 84.5 Å². The van der Waals surface area contributed by atoms with E-state index in [-0.39, 0.29) is 23.5 Å². The number of esters is 1. The number of carbonyl (C=O) groups excluding carboxylic acids is 3. The van der Waals surface area contributed by atoms with Crippen LogP contribution in [0.2, 0.25) is 0 Å². The molecule has 1 heterocycles. The van der Waals surface area contributed by atoms with Crippen LogP contribution in [-0.4, -0.2) is 30.1 Å². The zero-order valence-electron chi connectivity index (χ0n) is 20.5. The Morgan fingerprint density at radius 1 is 1.00 bits per heavy atom. The Kier molecular flexibility index (Phi) is 8.83. The third-order valence-corrected chi connectivity index (χ3v) is 8.10. The Hall–Kier alpha value is -3.10. The van der Waals surface area contributed by atoms with Gasteiger partial charge in [-0.15, -0.1) is 23.1 Å². The van der Waals surface area contributed by atoms with Gasteiger partial charge in [-0.25, -0.2) is 4.79 Å². The zero-order valence-corrected chi connectivity index (χ0v) is 22.2. The van der Waals surface area contributed by atoms with Crippen molar-refractivity contribution in [2.45, 2.75) is 50.8 Å². The van der Waals surface area contributed by atoms with E-state index in [1.54, 1.807) is 13.0 Å². The van der Waals surface area contributed by atoms with Gasteiger partial charge in [-0.3, -0.25) is 9.59 Å². The van der Waals surface area contributed by atoms with Crippen LogP contribution in [-0.2, 0) is 22.4 Å². The van der Waals surface area contributed by atoms with E-state index in [0.29, 0.717) is 28.4 Å². The number of thioether (sulfide) groups is 1. The number of amides is 2. The molecule has 0 aliphatic heterocycles. The van der Waals surface area contributed by atoms with Crippen LogP contribution in [0.1, 0.15) is 62.9 Å². The number of hydrogen-bond donors (Lipinski definition) is 2. The summed E-state index contributed by atoms with van der Waals surface area (Å²) in [6.45, 7) is 4.03. The number of carbonyl (C=O) groups is 3. The molecule has 0 saturated carbocycles. The summed E-state index contributed by atoms with van der Waals surface area (Å²) in [5.74, 6) is -0.546. The van der Waals surface area contributed by atoms with Gasteiger partial charge in [0.1, 0.15) is 5.00 Å². The third kappa shape index (κ3) is 6.56. The van der Waals surface area contributed by atoms with Crippen molar-refractivity contribution in [1.82, 2.24) is 0 Å². The van der Waals surface area contributed by atoms with Gasteiger partial charge in [0.05, 0.1) is 17.9 Å². The largest absolute Gasteiger partial charge is 0.462 e. The maximum atomic E-state index is 12.8. The molecule has 0 bridgehead atoms. The molecule has 0 radical (unpaired) electrons. The van der Waals surface area contributed by atoms with Crippen LogP contribution in [0.3, 0.4) is 0 Å². The lowest BCUT2D eigenvalue weighted by atomic mass is 10.1. The van der Waals surface area contributed by atoms with Gasteiger partial charge in [0.15, 0.2) is 0 Å². The second-order valence-corrected chi connectivity index (χ2v) is 10.8. The lowest BCUT2D eigenvalue weighted by molar-refractivity contribution is -0.113. The molecule has 0 unspecified atom stereocenters. The van der Waals surface area contributed by atoms with Crippen LogP contribution < -0.4 is 10.6 Å². The summed E-state index contributed by atoms with van der Waals surface area (Å²) >= 11 is 2.87. The molecule has 0 atom stereocenters. The van der Waals surface area contributed by atoms with Crippen LogP contribution in [0.25, 0.3) is 0 Å². The number of benzene rings is 2. The van der Waals surface area contributed by atoms with Gasteiger partial charge >= 0.3 is 5.97 Å². The maximum Gasteiger partial charge on any atom is 0.341 e. The first-order chi connectivity index (χ1) is 17.4. The molecule has 2 N–H and O–H groups in total. The normalized spacial score (nSPS) is 12.8. The van der Waals surface area contributed by atoms with Gasteiger partial charge in [0.2, 0.25) is 5.91 Å². The van der Waals surface area contributed by atoms with Crippen LogP contribution >= 0.6 is 23.1 Å². The Morgan fingerprint density at radius 3 is 2.61 bits per heavy atom. The molecule has 2 aromatic carbocycles. The van der Waals surface area contributed by atoms with Crippen molar-refractivity contribution in [2.24, 2.45) is 0 Å². The van der Waals surface area contributed by atoms with Gasteiger partial charge in [0.25, 0.3) is 5.91 Å². The summed E-state index contributed by atoms with van der Waals surface area (Å²) in [4.78, 5) is 40.1. The molecule has 2 amide bonds. The second kappa shape index (κ2) is 12.2. The van der Waals surface area contributed by atoms with Gasteiger partial charge in [-0.2, -0.15) is 0 Å². The highest BCUT2D eigenvalue weighted by atomic mass is 32.2. The van der Waals surface area contributed by atoms with Crippen molar-refractivity contribution < 1.29 is 19.1 Å². The van der Waals surface area contributed by atoms with Crippen molar-refractivity contribution in [3.05, 3.63) is 75.7 Å². The minimum Gasteiger partial charge on any atom is -0.462 e. The smallest absolute Gasteiger partial charge is 0.341 e. The van der Waals surface area contributed by atoms with E-state index in [2.05, 4.69) is 10.6 Å². The van der Waals surface area contributed by atoms with E-state index in [1.165, 1.54) is 28.0 Å². The van der Waals surface area contributed by atoms with Gasteiger partial charge in [-0.05, 0) is 75.4 Å². The van der Waals surface area contributed by atoms with Crippen LogP contribution in [0.15, 0.2) is 53.4 Å². The standard InChI is InChI=1S/C28H30N2O4S2/c1-3-34-28(33)25-22-13-5-4-6-14-23(22)36-27(25)30-24(31)17-35-21-12-8-11-20(16-21)29-26(32)19-10-7-9-18(2)15-19/h7-12,15-16H,3-6,13-14,17H2,1-2H3,(H,29,32)(H,30,31). The fraction of sp³-hybridized carbons (Fsp3) is 0.321. The molecular weight excluding hydrogens is 492 g/mol. The van der Waals surface area contributed by atoms with E-state index < -0.39 is 0 Å². The van der Waals surface area contributed by atoms with Gasteiger partial charge in [-0.1, -0.05) is 30.2 Å². The van der Waals surface area contributed by atoms with Crippen molar-refractivity contribution in [1.29, 1.82) is 0 Å². The molecule has 1 aliphatic rings. The predicted molar refractivity (Wildman–Crippen MR) is 146 cm³/mol. The average Bonchev–Trinajstić information content (AvgIpc) is 3.03. The van der Waals surface area contributed by atoms with Gasteiger partial charge in [0, 0.05) is 21.0 Å². The highest BCUT2D eigenvalue weighted by Gasteiger charge is 2.26. The van der Waals surface area contributed by atoms with Crippen LogP contribution in [0.4, 0.5) is 10.7 Å². The number of rotatable bonds is 8. The second-order valence-electron chi connectivity index (χ2n) is 8.68. The minimum atomic E-state index is -0.364. The highest BCUT2D eigenvalue weighted by Crippen LogP contribution is 2.38. The van der Waals surface area contributed by atoms with E-state index in [4.69, 9.17) is 4.74 Å². The molecule has 1 aromatic heterocycles. The molecular formula is C28H30N2O4S2. The Bertz CT molecular complexity index is 1270. The van der Waals surface area contributed by atoms with Crippen molar-refractivity contribution in [2.75, 3.05) is 23.0 Å². The van der Waals surface area contributed by atoms with E-state index in [1.807, 2.05) is 49.4 Å². The summed E-state index contributed by atoms with van der Waals surface area (Å²) in [6, 6.07) is 14.8. The molecule has 188 valence electrons. The summed E-state index contributed by atoms with van der Waals surface area (Å²) in [5, 5.41) is 6.46. The van der Waals surface area contributed by atoms with Crippen LogP contribution in [0, 0.1) is 6.92 Å². The number of nitrogens with one attached hydrogen (secondary N) is 2. The summed E-state index contributed by atoms with van der Waals surface area (Å²) in [7, 11) is 0. The summed E-state index contributed by atoms with van der Waals surface area (Å²) < 4.78 is 5.30. The third-order valence-electron chi connectivity index (χ3n) is 5.90. The Labute approximate surface area is 219 Å². The Morgan fingerprint density at radius 2 is 1.81 bits per heavy atom. The number of ether oxygens (including phenoxy) is 1. The van der Waals surface area contributed by atoms with Crippen molar-refractivity contribution in [3.63, 3.8) is 0 Å². The Balaban J connectivity index is 1.40. The first-order valence-electron chi connectivity index (χ1n) is 12.2. The molecule has 0 spiro atoms. The first kappa shape index (κ1) is 26.0. The van der Waals surface area contributed by atoms with E-state index in [0.717, 1.165) is 48.1 Å². The molecule has 6 nitrogen and oxygen atoms in total. The predicted octanol–water partition coefficient (Wildman–Crippen LogP) is 6.49. The molecule has 36 heavy (non-hydrogen) atoms. The molecule has 8 heteroatoms. The first-order valence-corrected chi connectivity index (χ1v) is 14.0. The minimum absolute atomic E-state index is 0.178.